The van der Waals surface area contributed by atoms with Crippen LogP contribution < -0.4 is 14.4 Å². The van der Waals surface area contributed by atoms with Gasteiger partial charge in [-0.3, -0.25) is 4.90 Å². The van der Waals surface area contributed by atoms with E-state index in [-0.39, 0.29) is 6.61 Å². The van der Waals surface area contributed by atoms with Crippen LogP contribution in [-0.2, 0) is 0 Å². The summed E-state index contributed by atoms with van der Waals surface area (Å²) in [5, 5.41) is 10.2. The molecule has 5 nitrogen and oxygen atoms in total. The van der Waals surface area contributed by atoms with Crippen LogP contribution in [0.1, 0.15) is 0 Å². The Morgan fingerprint density at radius 2 is 1.75 bits per heavy atom. The minimum Gasteiger partial charge on any atom is -0.495 e. The Labute approximate surface area is 171 Å². The number of halogens is 3. The zero-order valence-corrected chi connectivity index (χ0v) is 17.2. The number of aliphatic hydroxyl groups excluding tert-OH is 1. The predicted molar refractivity (Wildman–Crippen MR) is 107 cm³/mol. The number of β-amino-alcohol motifs (C(OH)–C–C–N with tert-alkyl or cyclic N) is 1. The van der Waals surface area contributed by atoms with Crippen LogP contribution in [0.2, 0.25) is 0 Å². The highest BCUT2D eigenvalue weighted by molar-refractivity contribution is 9.10. The average molecular weight is 457 g/mol. The highest BCUT2D eigenvalue weighted by atomic mass is 79.9. The van der Waals surface area contributed by atoms with Crippen molar-refractivity contribution >= 4 is 21.6 Å². The van der Waals surface area contributed by atoms with Crippen LogP contribution in [0.3, 0.4) is 0 Å². The lowest BCUT2D eigenvalue weighted by molar-refractivity contribution is 0.0634. The number of anilines is 1. The summed E-state index contributed by atoms with van der Waals surface area (Å²) in [6.07, 6.45) is -0.847. The number of para-hydroxylation sites is 2. The molecule has 2 aromatic carbocycles. The maximum Gasteiger partial charge on any atom is 0.190 e. The maximum absolute atomic E-state index is 13.8. The molecule has 1 heterocycles. The maximum atomic E-state index is 13.8. The minimum atomic E-state index is -0.847. The van der Waals surface area contributed by atoms with Crippen molar-refractivity contribution < 1.29 is 23.4 Å². The number of rotatable bonds is 7. The molecule has 0 aliphatic carbocycles. The molecule has 1 saturated heterocycles. The molecule has 1 N–H and O–H groups in total. The van der Waals surface area contributed by atoms with Crippen molar-refractivity contribution in [3.63, 3.8) is 0 Å². The van der Waals surface area contributed by atoms with Gasteiger partial charge in [0, 0.05) is 37.2 Å². The first-order valence-electron chi connectivity index (χ1n) is 9.03. The van der Waals surface area contributed by atoms with Crippen LogP contribution in [0.4, 0.5) is 14.5 Å². The van der Waals surface area contributed by atoms with Crippen LogP contribution >= 0.6 is 15.9 Å². The Balaban J connectivity index is 1.48. The fourth-order valence-corrected chi connectivity index (χ4v) is 3.66. The molecule has 0 aromatic heterocycles. The number of nitrogens with zero attached hydrogens (tertiary/aromatic N) is 2. The molecular weight excluding hydrogens is 434 g/mol. The van der Waals surface area contributed by atoms with Crippen molar-refractivity contribution in [2.75, 3.05) is 51.3 Å². The van der Waals surface area contributed by atoms with Gasteiger partial charge in [-0.05, 0) is 24.3 Å². The average Bonchev–Trinajstić information content (AvgIpc) is 2.67. The summed E-state index contributed by atoms with van der Waals surface area (Å²) in [5.41, 5.74) is 1.05. The molecule has 1 atom stereocenters. The topological polar surface area (TPSA) is 45.2 Å². The summed E-state index contributed by atoms with van der Waals surface area (Å²) in [5.74, 6) is -1.24. The lowest BCUT2D eigenvalue weighted by Crippen LogP contribution is -2.49. The Bertz CT molecular complexity index is 778. The lowest BCUT2D eigenvalue weighted by Gasteiger charge is -2.37. The van der Waals surface area contributed by atoms with Crippen molar-refractivity contribution in [2.45, 2.75) is 6.10 Å². The van der Waals surface area contributed by atoms with E-state index in [1.807, 2.05) is 24.3 Å². The lowest BCUT2D eigenvalue weighted by atomic mass is 10.2. The van der Waals surface area contributed by atoms with E-state index >= 15 is 0 Å². The van der Waals surface area contributed by atoms with Crippen LogP contribution in [0.5, 0.6) is 11.5 Å². The molecule has 0 spiro atoms. The number of aliphatic hydroxyl groups is 1. The molecule has 1 fully saturated rings. The fourth-order valence-electron chi connectivity index (χ4n) is 3.26. The molecule has 1 aliphatic heterocycles. The van der Waals surface area contributed by atoms with Crippen LogP contribution in [0, 0.1) is 11.6 Å². The zero-order valence-electron chi connectivity index (χ0n) is 15.6. The summed E-state index contributed by atoms with van der Waals surface area (Å²) < 4.78 is 38.4. The van der Waals surface area contributed by atoms with Crippen molar-refractivity contribution in [2.24, 2.45) is 0 Å². The predicted octanol–water partition coefficient (Wildman–Crippen LogP) is 3.30. The standard InChI is InChI=1S/C20H23BrF2N2O3/c1-27-19-5-3-2-4-18(19)25-8-6-24(7-9-25)12-15(26)13-28-20-16(22)10-14(21)11-17(20)23/h2-5,10-11,15,26H,6-9,12-13H2,1H3/t15-/m0/s1. The Morgan fingerprint density at radius 3 is 2.39 bits per heavy atom. The van der Waals surface area contributed by atoms with Gasteiger partial charge in [0.15, 0.2) is 17.4 Å². The molecule has 152 valence electrons. The summed E-state index contributed by atoms with van der Waals surface area (Å²) >= 11 is 3.02. The second kappa shape index (κ2) is 9.54. The van der Waals surface area contributed by atoms with E-state index < -0.39 is 23.5 Å². The number of benzene rings is 2. The number of hydrogen-bond donors (Lipinski definition) is 1. The quantitative estimate of drug-likeness (QED) is 0.692. The SMILES string of the molecule is COc1ccccc1N1CCN(C[C@H](O)COc2c(F)cc(Br)cc2F)CC1. The molecule has 0 saturated carbocycles. The van der Waals surface area contributed by atoms with E-state index in [9.17, 15) is 13.9 Å². The molecule has 28 heavy (non-hydrogen) atoms. The molecule has 0 radical (unpaired) electrons. The van der Waals surface area contributed by atoms with Gasteiger partial charge in [0.1, 0.15) is 18.5 Å². The third kappa shape index (κ3) is 5.12. The highest BCUT2D eigenvalue weighted by Gasteiger charge is 2.22. The molecular formula is C20H23BrF2N2O3. The Morgan fingerprint density at radius 1 is 1.11 bits per heavy atom. The van der Waals surface area contributed by atoms with E-state index in [0.717, 1.165) is 49.7 Å². The first-order valence-corrected chi connectivity index (χ1v) is 9.83. The summed E-state index contributed by atoms with van der Waals surface area (Å²) in [6, 6.07) is 10.1. The number of methoxy groups -OCH3 is 1. The third-order valence-electron chi connectivity index (χ3n) is 4.65. The van der Waals surface area contributed by atoms with Gasteiger partial charge in [-0.15, -0.1) is 0 Å². The van der Waals surface area contributed by atoms with Gasteiger partial charge < -0.3 is 19.5 Å². The van der Waals surface area contributed by atoms with E-state index in [0.29, 0.717) is 11.0 Å². The molecule has 2 aromatic rings. The number of piperazine rings is 1. The van der Waals surface area contributed by atoms with E-state index in [2.05, 4.69) is 25.7 Å². The second-order valence-electron chi connectivity index (χ2n) is 6.62. The monoisotopic (exact) mass is 456 g/mol. The van der Waals surface area contributed by atoms with Crippen LogP contribution in [0.25, 0.3) is 0 Å². The van der Waals surface area contributed by atoms with Gasteiger partial charge in [-0.2, -0.15) is 0 Å². The fraction of sp³-hybridized carbons (Fsp3) is 0.400. The van der Waals surface area contributed by atoms with Crippen molar-refractivity contribution in [3.05, 3.63) is 52.5 Å². The smallest absolute Gasteiger partial charge is 0.190 e. The van der Waals surface area contributed by atoms with Crippen LogP contribution in [-0.4, -0.2) is 62.6 Å². The molecule has 1 aliphatic rings. The van der Waals surface area contributed by atoms with E-state index in [1.54, 1.807) is 7.11 Å². The van der Waals surface area contributed by atoms with Gasteiger partial charge in [0.2, 0.25) is 0 Å². The normalized spacial score (nSPS) is 16.1. The van der Waals surface area contributed by atoms with Gasteiger partial charge in [-0.1, -0.05) is 28.1 Å². The molecule has 8 heteroatoms. The van der Waals surface area contributed by atoms with Crippen molar-refractivity contribution in [1.82, 2.24) is 4.90 Å². The second-order valence-corrected chi connectivity index (χ2v) is 7.54. The number of ether oxygens (including phenoxy) is 2. The van der Waals surface area contributed by atoms with Gasteiger partial charge >= 0.3 is 0 Å². The number of hydrogen-bond acceptors (Lipinski definition) is 5. The largest absolute Gasteiger partial charge is 0.495 e. The third-order valence-corrected chi connectivity index (χ3v) is 5.11. The van der Waals surface area contributed by atoms with Gasteiger partial charge in [-0.25, -0.2) is 8.78 Å². The van der Waals surface area contributed by atoms with Crippen LogP contribution in [0.15, 0.2) is 40.9 Å². The van der Waals surface area contributed by atoms with E-state index in [1.165, 1.54) is 0 Å². The first kappa shape index (κ1) is 20.8. The van der Waals surface area contributed by atoms with Gasteiger partial charge in [0.05, 0.1) is 12.8 Å². The first-order chi connectivity index (χ1) is 13.5. The molecule has 3 rings (SSSR count). The Hall–Kier alpha value is -1.90. The van der Waals surface area contributed by atoms with Crippen molar-refractivity contribution in [3.8, 4) is 11.5 Å². The Kier molecular flexibility index (Phi) is 7.09. The summed E-state index contributed by atoms with van der Waals surface area (Å²) in [6.45, 7) is 3.31. The summed E-state index contributed by atoms with van der Waals surface area (Å²) in [4.78, 5) is 4.35. The highest BCUT2D eigenvalue weighted by Crippen LogP contribution is 2.28. The van der Waals surface area contributed by atoms with Crippen molar-refractivity contribution in [1.29, 1.82) is 0 Å². The molecule has 0 amide bonds. The molecule has 0 bridgehead atoms. The minimum absolute atomic E-state index is 0.178. The van der Waals surface area contributed by atoms with Gasteiger partial charge in [0.25, 0.3) is 0 Å². The zero-order chi connectivity index (χ0) is 20.1. The molecule has 0 unspecified atom stereocenters. The van der Waals surface area contributed by atoms with E-state index in [4.69, 9.17) is 9.47 Å². The summed E-state index contributed by atoms with van der Waals surface area (Å²) in [7, 11) is 1.66.